The molecule has 2 heteroatoms. The van der Waals surface area contributed by atoms with Crippen LogP contribution in [0.4, 0.5) is 0 Å². The van der Waals surface area contributed by atoms with Gasteiger partial charge in [-0.3, -0.25) is 0 Å². The van der Waals surface area contributed by atoms with E-state index in [2.05, 4.69) is 45.1 Å². The second-order valence-corrected chi connectivity index (χ2v) is 5.51. The minimum absolute atomic E-state index is 0.697. The van der Waals surface area contributed by atoms with Crippen molar-refractivity contribution in [2.45, 2.75) is 52.1 Å². The van der Waals surface area contributed by atoms with Gasteiger partial charge in [0.05, 0.1) is 0 Å². The molecule has 0 heterocycles. The molecule has 0 spiro atoms. The van der Waals surface area contributed by atoms with Gasteiger partial charge in [0, 0.05) is 18.6 Å². The molecule has 1 aliphatic carbocycles. The van der Waals surface area contributed by atoms with Crippen LogP contribution in [0.2, 0.25) is 0 Å². The van der Waals surface area contributed by atoms with E-state index in [4.69, 9.17) is 0 Å². The summed E-state index contributed by atoms with van der Waals surface area (Å²) in [7, 11) is 4.38. The fraction of sp³-hybridized carbons (Fsp3) is 1.00. The maximum atomic E-state index is 3.46. The lowest BCUT2D eigenvalue weighted by Gasteiger charge is -2.32. The summed E-state index contributed by atoms with van der Waals surface area (Å²) in [4.78, 5) is 2.53. The first-order valence-corrected chi connectivity index (χ1v) is 6.43. The summed E-state index contributed by atoms with van der Waals surface area (Å²) in [6.45, 7) is 8.22. The third-order valence-electron chi connectivity index (χ3n) is 4.21. The Labute approximate surface area is 95.4 Å². The van der Waals surface area contributed by atoms with Crippen molar-refractivity contribution < 1.29 is 0 Å². The topological polar surface area (TPSA) is 15.3 Å². The fourth-order valence-electron chi connectivity index (χ4n) is 2.68. The molecule has 1 rings (SSSR count). The van der Waals surface area contributed by atoms with E-state index in [1.807, 2.05) is 0 Å². The second-order valence-electron chi connectivity index (χ2n) is 5.51. The summed E-state index contributed by atoms with van der Waals surface area (Å²) >= 11 is 0. The summed E-state index contributed by atoms with van der Waals surface area (Å²) < 4.78 is 0. The Bertz CT molecular complexity index is 179. The second kappa shape index (κ2) is 5.86. The van der Waals surface area contributed by atoms with Gasteiger partial charge in [-0.1, -0.05) is 20.3 Å². The first kappa shape index (κ1) is 13.0. The van der Waals surface area contributed by atoms with E-state index < -0.39 is 0 Å². The van der Waals surface area contributed by atoms with Crippen LogP contribution in [0.5, 0.6) is 0 Å². The van der Waals surface area contributed by atoms with Crippen LogP contribution >= 0.6 is 0 Å². The van der Waals surface area contributed by atoms with Crippen molar-refractivity contribution >= 4 is 0 Å². The van der Waals surface area contributed by atoms with Crippen LogP contribution in [0.25, 0.3) is 0 Å². The highest BCUT2D eigenvalue weighted by atomic mass is 15.1. The molecule has 3 unspecified atom stereocenters. The van der Waals surface area contributed by atoms with Crippen molar-refractivity contribution in [2.75, 3.05) is 20.6 Å². The number of hydrogen-bond acceptors (Lipinski definition) is 2. The van der Waals surface area contributed by atoms with E-state index in [0.717, 1.165) is 17.9 Å². The van der Waals surface area contributed by atoms with Gasteiger partial charge in [-0.2, -0.15) is 0 Å². The molecule has 0 amide bonds. The molecule has 0 saturated heterocycles. The van der Waals surface area contributed by atoms with Gasteiger partial charge in [0.15, 0.2) is 0 Å². The van der Waals surface area contributed by atoms with Crippen LogP contribution in [-0.4, -0.2) is 37.6 Å². The first-order valence-electron chi connectivity index (χ1n) is 6.43. The predicted octanol–water partition coefficient (Wildman–Crippen LogP) is 2.35. The van der Waals surface area contributed by atoms with E-state index >= 15 is 0 Å². The number of nitrogens with zero attached hydrogens (tertiary/aromatic N) is 1. The van der Waals surface area contributed by atoms with E-state index in [1.165, 1.54) is 25.8 Å². The Kier molecular flexibility index (Phi) is 5.07. The normalized spacial score (nSPS) is 29.0. The van der Waals surface area contributed by atoms with Gasteiger partial charge in [-0.25, -0.2) is 0 Å². The van der Waals surface area contributed by atoms with Gasteiger partial charge in [0.2, 0.25) is 0 Å². The minimum Gasteiger partial charge on any atom is -0.317 e. The highest BCUT2D eigenvalue weighted by Crippen LogP contribution is 2.26. The summed E-state index contributed by atoms with van der Waals surface area (Å²) in [6, 6.07) is 1.45. The van der Waals surface area contributed by atoms with Gasteiger partial charge in [0.1, 0.15) is 0 Å². The van der Waals surface area contributed by atoms with Gasteiger partial charge in [0.25, 0.3) is 0 Å². The lowest BCUT2D eigenvalue weighted by molar-refractivity contribution is 0.170. The molecular formula is C13H28N2. The quantitative estimate of drug-likeness (QED) is 0.752. The van der Waals surface area contributed by atoms with Gasteiger partial charge >= 0.3 is 0 Å². The van der Waals surface area contributed by atoms with Crippen LogP contribution in [-0.2, 0) is 0 Å². The molecule has 0 aromatic heterocycles. The average Bonchev–Trinajstić information content (AvgIpc) is 2.63. The third-order valence-corrected chi connectivity index (χ3v) is 4.21. The molecule has 90 valence electrons. The molecule has 1 N–H and O–H groups in total. The Morgan fingerprint density at radius 2 is 1.93 bits per heavy atom. The predicted molar refractivity (Wildman–Crippen MR) is 67.1 cm³/mol. The van der Waals surface area contributed by atoms with Crippen molar-refractivity contribution in [1.82, 2.24) is 10.2 Å². The van der Waals surface area contributed by atoms with Crippen molar-refractivity contribution in [3.05, 3.63) is 0 Å². The molecule has 0 bridgehead atoms. The number of hydrogen-bond donors (Lipinski definition) is 1. The maximum absolute atomic E-state index is 3.46. The van der Waals surface area contributed by atoms with E-state index in [1.54, 1.807) is 0 Å². The molecule has 0 radical (unpaired) electrons. The standard InChI is InChI=1S/C13H28N2/c1-10(2)11(3)15(5)9-12-7-6-8-13(12)14-4/h10-14H,6-9H2,1-5H3. The van der Waals surface area contributed by atoms with Crippen LogP contribution in [0, 0.1) is 11.8 Å². The van der Waals surface area contributed by atoms with Gasteiger partial charge in [-0.05, 0) is 45.7 Å². The van der Waals surface area contributed by atoms with Crippen molar-refractivity contribution in [3.8, 4) is 0 Å². The highest BCUT2D eigenvalue weighted by molar-refractivity contribution is 4.84. The molecule has 1 fully saturated rings. The minimum atomic E-state index is 0.697. The molecule has 2 nitrogen and oxygen atoms in total. The van der Waals surface area contributed by atoms with Gasteiger partial charge < -0.3 is 10.2 Å². The molecule has 1 aliphatic rings. The molecule has 0 aromatic carbocycles. The molecular weight excluding hydrogens is 184 g/mol. The van der Waals surface area contributed by atoms with Gasteiger partial charge in [-0.15, -0.1) is 0 Å². The SMILES string of the molecule is CNC1CCCC1CN(C)C(C)C(C)C. The van der Waals surface area contributed by atoms with Crippen molar-refractivity contribution in [1.29, 1.82) is 0 Å². The summed E-state index contributed by atoms with van der Waals surface area (Å²) in [5.41, 5.74) is 0. The summed E-state index contributed by atoms with van der Waals surface area (Å²) in [6.07, 6.45) is 4.17. The zero-order valence-electron chi connectivity index (χ0n) is 11.1. The fourth-order valence-corrected chi connectivity index (χ4v) is 2.68. The molecule has 0 aliphatic heterocycles. The van der Waals surface area contributed by atoms with Crippen LogP contribution in [0.3, 0.4) is 0 Å². The zero-order chi connectivity index (χ0) is 11.4. The third kappa shape index (κ3) is 3.46. The lowest BCUT2D eigenvalue weighted by atomic mass is 10.00. The molecule has 1 saturated carbocycles. The Hall–Kier alpha value is -0.0800. The summed E-state index contributed by atoms with van der Waals surface area (Å²) in [5, 5.41) is 3.46. The van der Waals surface area contributed by atoms with Crippen molar-refractivity contribution in [3.63, 3.8) is 0 Å². The van der Waals surface area contributed by atoms with Crippen LogP contribution in [0.1, 0.15) is 40.0 Å². The lowest BCUT2D eigenvalue weighted by Crippen LogP contribution is -2.41. The number of rotatable bonds is 5. The highest BCUT2D eigenvalue weighted by Gasteiger charge is 2.28. The number of nitrogens with one attached hydrogen (secondary N) is 1. The van der Waals surface area contributed by atoms with E-state index in [-0.39, 0.29) is 0 Å². The Balaban J connectivity index is 2.39. The summed E-state index contributed by atoms with van der Waals surface area (Å²) in [5.74, 6) is 1.62. The molecule has 0 aromatic rings. The first-order chi connectivity index (χ1) is 7.06. The Morgan fingerprint density at radius 1 is 1.27 bits per heavy atom. The maximum Gasteiger partial charge on any atom is 0.0104 e. The monoisotopic (exact) mass is 212 g/mol. The van der Waals surface area contributed by atoms with E-state index in [9.17, 15) is 0 Å². The smallest absolute Gasteiger partial charge is 0.0104 e. The van der Waals surface area contributed by atoms with Crippen LogP contribution in [0.15, 0.2) is 0 Å². The average molecular weight is 212 g/mol. The van der Waals surface area contributed by atoms with E-state index in [0.29, 0.717) is 6.04 Å². The largest absolute Gasteiger partial charge is 0.317 e. The zero-order valence-corrected chi connectivity index (χ0v) is 11.1. The molecule has 15 heavy (non-hydrogen) atoms. The van der Waals surface area contributed by atoms with Crippen molar-refractivity contribution in [2.24, 2.45) is 11.8 Å². The Morgan fingerprint density at radius 3 is 2.47 bits per heavy atom. The molecule has 3 atom stereocenters. The van der Waals surface area contributed by atoms with Crippen LogP contribution < -0.4 is 5.32 Å².